The smallest absolute Gasteiger partial charge is 0.0991 e. The fourth-order valence-electron chi connectivity index (χ4n) is 4.14. The van der Waals surface area contributed by atoms with E-state index in [0.29, 0.717) is 0 Å². The summed E-state index contributed by atoms with van der Waals surface area (Å²) in [4.78, 5) is 2.91. The van der Waals surface area contributed by atoms with Crippen LogP contribution in [0.5, 0.6) is 0 Å². The Balaban J connectivity index is 1.46. The molecule has 0 unspecified atom stereocenters. The van der Waals surface area contributed by atoms with Gasteiger partial charge in [0, 0.05) is 19.2 Å². The lowest BCUT2D eigenvalue weighted by Crippen LogP contribution is -2.12. The molecule has 26 heavy (non-hydrogen) atoms. The van der Waals surface area contributed by atoms with Crippen molar-refractivity contribution < 1.29 is 0 Å². The summed E-state index contributed by atoms with van der Waals surface area (Å²) in [5.74, 6) is 1.77. The van der Waals surface area contributed by atoms with Crippen LogP contribution in [0.4, 0.5) is 0 Å². The number of fused-ring (bicyclic) bond motifs is 1. The molecular weight excluding hydrogens is 354 g/mol. The number of nitrogens with zero attached hydrogens (tertiary/aromatic N) is 1. The number of benzene rings is 1. The van der Waals surface area contributed by atoms with Crippen LogP contribution in [0.15, 0.2) is 36.4 Å². The maximum Gasteiger partial charge on any atom is 0.0991 e. The first-order chi connectivity index (χ1) is 12.8. The Bertz CT molecular complexity index is 870. The Morgan fingerprint density at radius 2 is 1.73 bits per heavy atom. The number of nitriles is 1. The third kappa shape index (κ3) is 3.72. The third-order valence-corrected chi connectivity index (χ3v) is 8.24. The predicted octanol–water partition coefficient (Wildman–Crippen LogP) is 7.97. The predicted molar refractivity (Wildman–Crippen MR) is 114 cm³/mol. The summed E-state index contributed by atoms with van der Waals surface area (Å²) in [5, 5.41) is 8.95. The minimum Gasteiger partial charge on any atom is -0.192 e. The number of rotatable bonds is 5. The summed E-state index contributed by atoms with van der Waals surface area (Å²) in [6.45, 7) is 2.30. The molecule has 2 heterocycles. The van der Waals surface area contributed by atoms with Gasteiger partial charge in [-0.05, 0) is 67.3 Å². The normalized spacial score (nSPS) is 20.3. The van der Waals surface area contributed by atoms with E-state index in [9.17, 15) is 0 Å². The standard InChI is InChI=1S/C23H25NS2/c1-2-3-4-16-5-9-18(10-6-16)20-13-22-23(25-20)14-21(26-22)19-11-7-17(15-24)8-12-19/h7-8,11-14,16,18H,2-6,9-10H2,1H3. The molecule has 3 aromatic rings. The van der Waals surface area contributed by atoms with Crippen LogP contribution < -0.4 is 0 Å². The Hall–Kier alpha value is -1.63. The molecule has 0 atom stereocenters. The third-order valence-electron chi connectivity index (χ3n) is 5.74. The van der Waals surface area contributed by atoms with Gasteiger partial charge in [0.25, 0.3) is 0 Å². The van der Waals surface area contributed by atoms with E-state index in [2.05, 4.69) is 37.3 Å². The lowest BCUT2D eigenvalue weighted by Gasteiger charge is -2.27. The van der Waals surface area contributed by atoms with E-state index in [4.69, 9.17) is 5.26 Å². The van der Waals surface area contributed by atoms with E-state index in [1.165, 1.54) is 64.8 Å². The van der Waals surface area contributed by atoms with Crippen LogP contribution >= 0.6 is 22.7 Å². The van der Waals surface area contributed by atoms with Crippen LogP contribution in [0, 0.1) is 17.2 Å². The first kappa shape index (κ1) is 17.8. The van der Waals surface area contributed by atoms with Crippen molar-refractivity contribution in [2.75, 3.05) is 0 Å². The molecule has 0 saturated heterocycles. The molecule has 0 amide bonds. The molecular formula is C23H25NS2. The molecule has 2 aromatic heterocycles. The van der Waals surface area contributed by atoms with Gasteiger partial charge in [0.2, 0.25) is 0 Å². The van der Waals surface area contributed by atoms with E-state index in [0.717, 1.165) is 17.4 Å². The molecule has 0 radical (unpaired) electrons. The Morgan fingerprint density at radius 3 is 2.38 bits per heavy atom. The molecule has 3 heteroatoms. The molecule has 0 bridgehead atoms. The molecule has 1 nitrogen and oxygen atoms in total. The number of hydrogen-bond donors (Lipinski definition) is 0. The summed E-state index contributed by atoms with van der Waals surface area (Å²) in [6, 6.07) is 14.9. The van der Waals surface area contributed by atoms with Crippen molar-refractivity contribution in [1.29, 1.82) is 5.26 Å². The van der Waals surface area contributed by atoms with Gasteiger partial charge in [0.1, 0.15) is 0 Å². The van der Waals surface area contributed by atoms with Gasteiger partial charge >= 0.3 is 0 Å². The van der Waals surface area contributed by atoms with Crippen molar-refractivity contribution in [2.45, 2.75) is 57.8 Å². The average molecular weight is 380 g/mol. The summed E-state index contributed by atoms with van der Waals surface area (Å²) < 4.78 is 2.86. The topological polar surface area (TPSA) is 23.8 Å². The SMILES string of the molecule is CCCCC1CCC(c2cc3sc(-c4ccc(C#N)cc4)cc3s2)CC1. The molecule has 1 saturated carbocycles. The summed E-state index contributed by atoms with van der Waals surface area (Å²) >= 11 is 3.89. The van der Waals surface area contributed by atoms with Gasteiger partial charge in [-0.25, -0.2) is 0 Å². The molecule has 0 spiro atoms. The van der Waals surface area contributed by atoms with Crippen molar-refractivity contribution in [3.8, 4) is 16.5 Å². The molecule has 1 aliphatic rings. The quantitative estimate of drug-likeness (QED) is 0.441. The van der Waals surface area contributed by atoms with Gasteiger partial charge < -0.3 is 0 Å². The second-order valence-electron chi connectivity index (χ2n) is 7.54. The highest BCUT2D eigenvalue weighted by Crippen LogP contribution is 2.45. The van der Waals surface area contributed by atoms with E-state index in [1.54, 1.807) is 4.88 Å². The first-order valence-corrected chi connectivity index (χ1v) is 11.4. The van der Waals surface area contributed by atoms with Crippen molar-refractivity contribution in [3.05, 3.63) is 46.8 Å². The highest BCUT2D eigenvalue weighted by atomic mass is 32.1. The largest absolute Gasteiger partial charge is 0.192 e. The summed E-state index contributed by atoms with van der Waals surface area (Å²) in [7, 11) is 0. The van der Waals surface area contributed by atoms with Gasteiger partial charge in [-0.2, -0.15) is 5.26 Å². The minimum atomic E-state index is 0.726. The monoisotopic (exact) mass is 379 g/mol. The lowest BCUT2D eigenvalue weighted by atomic mass is 9.79. The summed E-state index contributed by atoms with van der Waals surface area (Å²) in [6.07, 6.45) is 9.79. The van der Waals surface area contributed by atoms with Crippen molar-refractivity contribution >= 4 is 32.1 Å². The molecule has 4 rings (SSSR count). The first-order valence-electron chi connectivity index (χ1n) is 9.80. The molecule has 0 aliphatic heterocycles. The Kier molecular flexibility index (Phi) is 5.43. The maximum atomic E-state index is 8.95. The second-order valence-corrected chi connectivity index (χ2v) is 9.74. The maximum absolute atomic E-state index is 8.95. The van der Waals surface area contributed by atoms with E-state index >= 15 is 0 Å². The zero-order chi connectivity index (χ0) is 17.9. The van der Waals surface area contributed by atoms with Crippen LogP contribution in [0.25, 0.3) is 19.8 Å². The summed E-state index contributed by atoms with van der Waals surface area (Å²) in [5.41, 5.74) is 1.94. The zero-order valence-electron chi connectivity index (χ0n) is 15.3. The highest BCUT2D eigenvalue weighted by Gasteiger charge is 2.23. The molecule has 1 aromatic carbocycles. The van der Waals surface area contributed by atoms with E-state index < -0.39 is 0 Å². The van der Waals surface area contributed by atoms with Gasteiger partial charge in [-0.1, -0.05) is 38.3 Å². The van der Waals surface area contributed by atoms with Crippen molar-refractivity contribution in [1.82, 2.24) is 0 Å². The number of thiophene rings is 2. The fourth-order valence-corrected chi connectivity index (χ4v) is 6.72. The number of hydrogen-bond acceptors (Lipinski definition) is 3. The van der Waals surface area contributed by atoms with Crippen LogP contribution in [-0.4, -0.2) is 0 Å². The van der Waals surface area contributed by atoms with Gasteiger partial charge in [-0.3, -0.25) is 0 Å². The Morgan fingerprint density at radius 1 is 1.00 bits per heavy atom. The van der Waals surface area contributed by atoms with Gasteiger partial charge in [-0.15, -0.1) is 22.7 Å². The Labute approximate surface area is 164 Å². The van der Waals surface area contributed by atoms with E-state index in [-0.39, 0.29) is 0 Å². The van der Waals surface area contributed by atoms with Crippen molar-refractivity contribution in [3.63, 3.8) is 0 Å². The van der Waals surface area contributed by atoms with Crippen LogP contribution in [0.1, 0.15) is 68.2 Å². The molecule has 1 fully saturated rings. The van der Waals surface area contributed by atoms with Gasteiger partial charge in [0.05, 0.1) is 11.6 Å². The van der Waals surface area contributed by atoms with E-state index in [1.807, 2.05) is 34.8 Å². The lowest BCUT2D eigenvalue weighted by molar-refractivity contribution is 0.306. The van der Waals surface area contributed by atoms with Crippen molar-refractivity contribution in [2.24, 2.45) is 5.92 Å². The molecule has 1 aliphatic carbocycles. The van der Waals surface area contributed by atoms with Crippen LogP contribution in [-0.2, 0) is 0 Å². The van der Waals surface area contributed by atoms with Crippen LogP contribution in [0.3, 0.4) is 0 Å². The minimum absolute atomic E-state index is 0.726. The zero-order valence-corrected chi connectivity index (χ0v) is 17.0. The molecule has 134 valence electrons. The van der Waals surface area contributed by atoms with Crippen LogP contribution in [0.2, 0.25) is 0 Å². The fraction of sp³-hybridized carbons (Fsp3) is 0.435. The molecule has 0 N–H and O–H groups in total. The van der Waals surface area contributed by atoms with Gasteiger partial charge in [0.15, 0.2) is 0 Å². The number of unbranched alkanes of at least 4 members (excludes halogenated alkanes) is 1. The second kappa shape index (κ2) is 7.94. The average Bonchev–Trinajstić information content (AvgIpc) is 3.26. The highest BCUT2D eigenvalue weighted by molar-refractivity contribution is 7.29.